The summed E-state index contributed by atoms with van der Waals surface area (Å²) < 4.78 is 5.08. The van der Waals surface area contributed by atoms with E-state index in [1.165, 1.54) is 5.56 Å². The average molecular weight is 250 g/mol. The number of carbonyl (C=O) groups is 1. The van der Waals surface area contributed by atoms with Crippen LogP contribution in [0.3, 0.4) is 0 Å². The van der Waals surface area contributed by atoms with Gasteiger partial charge in [-0.1, -0.05) is 12.1 Å². The molecule has 4 heteroatoms. The normalized spacial score (nSPS) is 11.1. The molecule has 0 fully saturated rings. The lowest BCUT2D eigenvalue weighted by Crippen LogP contribution is -2.39. The highest BCUT2D eigenvalue weighted by Crippen LogP contribution is 2.11. The Morgan fingerprint density at radius 3 is 2.44 bits per heavy atom. The van der Waals surface area contributed by atoms with Crippen molar-refractivity contribution in [1.29, 1.82) is 0 Å². The minimum Gasteiger partial charge on any atom is -0.497 e. The summed E-state index contributed by atoms with van der Waals surface area (Å²) in [6.45, 7) is 4.31. The van der Waals surface area contributed by atoms with Crippen molar-refractivity contribution in [2.45, 2.75) is 32.2 Å². The molecule has 0 aliphatic carbocycles. The van der Waals surface area contributed by atoms with Crippen molar-refractivity contribution in [1.82, 2.24) is 5.32 Å². The van der Waals surface area contributed by atoms with Crippen molar-refractivity contribution in [2.24, 2.45) is 5.73 Å². The predicted molar refractivity (Wildman–Crippen MR) is 72.6 cm³/mol. The maximum absolute atomic E-state index is 11.5. The van der Waals surface area contributed by atoms with E-state index in [1.807, 2.05) is 38.1 Å². The van der Waals surface area contributed by atoms with Crippen LogP contribution in [0, 0.1) is 0 Å². The van der Waals surface area contributed by atoms with Crippen LogP contribution in [0.15, 0.2) is 24.3 Å². The fraction of sp³-hybridized carbons (Fsp3) is 0.500. The van der Waals surface area contributed by atoms with E-state index >= 15 is 0 Å². The highest BCUT2D eigenvalue weighted by atomic mass is 16.5. The van der Waals surface area contributed by atoms with Crippen molar-refractivity contribution in [2.75, 3.05) is 13.7 Å². The molecular weight excluding hydrogens is 228 g/mol. The van der Waals surface area contributed by atoms with Crippen molar-refractivity contribution in [3.8, 4) is 5.75 Å². The lowest BCUT2D eigenvalue weighted by Gasteiger charge is -2.17. The number of hydrogen-bond donors (Lipinski definition) is 2. The number of ether oxygens (including phenoxy) is 1. The molecule has 100 valence electrons. The molecule has 4 nitrogen and oxygen atoms in total. The maximum atomic E-state index is 11.5. The Kier molecular flexibility index (Phi) is 5.16. The lowest BCUT2D eigenvalue weighted by molar-refractivity contribution is -0.121. The van der Waals surface area contributed by atoms with Gasteiger partial charge >= 0.3 is 0 Å². The number of rotatable bonds is 6. The first-order chi connectivity index (χ1) is 8.40. The molecule has 0 aromatic heterocycles. The molecule has 18 heavy (non-hydrogen) atoms. The standard InChI is InChI=1S/C14H22N2O2/c1-14(2,15)10-13(17)16-9-8-11-4-6-12(18-3)7-5-11/h4-7H,8-10,15H2,1-3H3,(H,16,17). The molecule has 0 aliphatic heterocycles. The summed E-state index contributed by atoms with van der Waals surface area (Å²) in [6.07, 6.45) is 1.15. The number of carbonyl (C=O) groups excluding carboxylic acids is 1. The smallest absolute Gasteiger partial charge is 0.221 e. The number of amides is 1. The maximum Gasteiger partial charge on any atom is 0.221 e. The summed E-state index contributed by atoms with van der Waals surface area (Å²) in [6, 6.07) is 7.83. The van der Waals surface area contributed by atoms with E-state index in [1.54, 1.807) is 7.11 Å². The zero-order chi connectivity index (χ0) is 13.6. The van der Waals surface area contributed by atoms with Crippen molar-refractivity contribution in [3.63, 3.8) is 0 Å². The van der Waals surface area contributed by atoms with Crippen LogP contribution in [0.25, 0.3) is 0 Å². The monoisotopic (exact) mass is 250 g/mol. The molecule has 0 spiro atoms. The number of methoxy groups -OCH3 is 1. The molecule has 0 radical (unpaired) electrons. The van der Waals surface area contributed by atoms with E-state index in [9.17, 15) is 4.79 Å². The van der Waals surface area contributed by atoms with Gasteiger partial charge in [-0.3, -0.25) is 4.79 Å². The summed E-state index contributed by atoms with van der Waals surface area (Å²) in [5, 5.41) is 2.87. The first kappa shape index (κ1) is 14.5. The topological polar surface area (TPSA) is 64.3 Å². The number of benzene rings is 1. The van der Waals surface area contributed by atoms with Gasteiger partial charge in [0.15, 0.2) is 0 Å². The zero-order valence-electron chi connectivity index (χ0n) is 11.3. The van der Waals surface area contributed by atoms with Gasteiger partial charge in [0, 0.05) is 18.5 Å². The van der Waals surface area contributed by atoms with E-state index in [0.29, 0.717) is 13.0 Å². The Labute approximate surface area is 109 Å². The minimum atomic E-state index is -0.454. The van der Waals surface area contributed by atoms with E-state index < -0.39 is 5.54 Å². The van der Waals surface area contributed by atoms with Crippen LogP contribution in [-0.4, -0.2) is 25.1 Å². The Bertz CT molecular complexity index is 380. The average Bonchev–Trinajstić information content (AvgIpc) is 2.27. The number of nitrogens with one attached hydrogen (secondary N) is 1. The molecule has 0 saturated heterocycles. The molecule has 0 unspecified atom stereocenters. The Morgan fingerprint density at radius 2 is 1.94 bits per heavy atom. The van der Waals surface area contributed by atoms with Gasteiger partial charge in [-0.05, 0) is 38.0 Å². The summed E-state index contributed by atoms with van der Waals surface area (Å²) in [5.74, 6) is 0.837. The van der Waals surface area contributed by atoms with Gasteiger partial charge in [0.2, 0.25) is 5.91 Å². The van der Waals surface area contributed by atoms with Crippen molar-refractivity contribution >= 4 is 5.91 Å². The van der Waals surface area contributed by atoms with Crippen molar-refractivity contribution < 1.29 is 9.53 Å². The van der Waals surface area contributed by atoms with Crippen LogP contribution in [0.4, 0.5) is 0 Å². The highest BCUT2D eigenvalue weighted by molar-refractivity contribution is 5.77. The van der Waals surface area contributed by atoms with Gasteiger partial charge in [-0.25, -0.2) is 0 Å². The SMILES string of the molecule is COc1ccc(CCNC(=O)CC(C)(C)N)cc1. The van der Waals surface area contributed by atoms with E-state index in [0.717, 1.165) is 12.2 Å². The van der Waals surface area contributed by atoms with Crippen molar-refractivity contribution in [3.05, 3.63) is 29.8 Å². The summed E-state index contributed by atoms with van der Waals surface area (Å²) >= 11 is 0. The molecule has 1 amide bonds. The molecule has 0 aliphatic rings. The third-order valence-electron chi connectivity index (χ3n) is 2.51. The van der Waals surface area contributed by atoms with Crippen LogP contribution >= 0.6 is 0 Å². The fourth-order valence-corrected chi connectivity index (χ4v) is 1.61. The predicted octanol–water partition coefficient (Wildman–Crippen LogP) is 1.48. The summed E-state index contributed by atoms with van der Waals surface area (Å²) in [5.41, 5.74) is 6.49. The van der Waals surface area contributed by atoms with Crippen LogP contribution < -0.4 is 15.8 Å². The van der Waals surface area contributed by atoms with E-state index in [4.69, 9.17) is 10.5 Å². The molecule has 1 rings (SSSR count). The molecular formula is C14H22N2O2. The third kappa shape index (κ3) is 5.68. The molecule has 1 aromatic rings. The largest absolute Gasteiger partial charge is 0.497 e. The second-order valence-corrected chi connectivity index (χ2v) is 5.11. The van der Waals surface area contributed by atoms with Crippen LogP contribution in [-0.2, 0) is 11.2 Å². The first-order valence-corrected chi connectivity index (χ1v) is 6.09. The van der Waals surface area contributed by atoms with Crippen LogP contribution in [0.1, 0.15) is 25.8 Å². The Morgan fingerprint density at radius 1 is 1.33 bits per heavy atom. The quantitative estimate of drug-likeness (QED) is 0.804. The lowest BCUT2D eigenvalue weighted by atomic mass is 10.0. The Hall–Kier alpha value is -1.55. The minimum absolute atomic E-state index is 0.00369. The molecule has 0 saturated carbocycles. The molecule has 1 aromatic carbocycles. The second-order valence-electron chi connectivity index (χ2n) is 5.11. The van der Waals surface area contributed by atoms with Gasteiger partial charge in [0.25, 0.3) is 0 Å². The van der Waals surface area contributed by atoms with E-state index in [2.05, 4.69) is 5.32 Å². The van der Waals surface area contributed by atoms with Crippen LogP contribution in [0.5, 0.6) is 5.75 Å². The molecule has 0 bridgehead atoms. The number of hydrogen-bond acceptors (Lipinski definition) is 3. The van der Waals surface area contributed by atoms with Gasteiger partial charge in [-0.15, -0.1) is 0 Å². The molecule has 3 N–H and O–H groups in total. The third-order valence-corrected chi connectivity index (χ3v) is 2.51. The van der Waals surface area contributed by atoms with E-state index in [-0.39, 0.29) is 5.91 Å². The number of nitrogens with two attached hydrogens (primary N) is 1. The summed E-state index contributed by atoms with van der Waals surface area (Å²) in [7, 11) is 1.64. The molecule has 0 heterocycles. The van der Waals surface area contributed by atoms with Crippen LogP contribution in [0.2, 0.25) is 0 Å². The first-order valence-electron chi connectivity index (χ1n) is 6.09. The summed E-state index contributed by atoms with van der Waals surface area (Å²) in [4.78, 5) is 11.5. The fourth-order valence-electron chi connectivity index (χ4n) is 1.61. The van der Waals surface area contributed by atoms with Gasteiger partial charge in [-0.2, -0.15) is 0 Å². The molecule has 0 atom stereocenters. The second kappa shape index (κ2) is 6.40. The highest BCUT2D eigenvalue weighted by Gasteiger charge is 2.15. The zero-order valence-corrected chi connectivity index (χ0v) is 11.3. The van der Waals surface area contributed by atoms with Gasteiger partial charge in [0.1, 0.15) is 5.75 Å². The van der Waals surface area contributed by atoms with Gasteiger partial charge < -0.3 is 15.8 Å². The van der Waals surface area contributed by atoms with Gasteiger partial charge in [0.05, 0.1) is 7.11 Å². The Balaban J connectivity index is 2.30.